The molecule has 1 saturated heterocycles. The first-order valence-electron chi connectivity index (χ1n) is 7.41. The van der Waals surface area contributed by atoms with Crippen molar-refractivity contribution in [1.29, 1.82) is 0 Å². The predicted octanol–water partition coefficient (Wildman–Crippen LogP) is 3.44. The molecule has 1 N–H and O–H groups in total. The van der Waals surface area contributed by atoms with E-state index in [1.807, 2.05) is 12.3 Å². The monoisotopic (exact) mass is 335 g/mol. The molecule has 0 unspecified atom stereocenters. The van der Waals surface area contributed by atoms with Gasteiger partial charge in [-0.1, -0.05) is 11.6 Å². The summed E-state index contributed by atoms with van der Waals surface area (Å²) >= 11 is 7.17. The third-order valence-corrected chi connectivity index (χ3v) is 5.20. The van der Waals surface area contributed by atoms with Gasteiger partial charge in [0.05, 0.1) is 21.1 Å². The van der Waals surface area contributed by atoms with Crippen LogP contribution in [0.25, 0.3) is 0 Å². The lowest BCUT2D eigenvalue weighted by Gasteiger charge is -2.33. The van der Waals surface area contributed by atoms with E-state index < -0.39 is 0 Å². The van der Waals surface area contributed by atoms with Gasteiger partial charge in [-0.3, -0.25) is 9.78 Å². The Morgan fingerprint density at radius 2 is 2.18 bits per heavy atom. The average molecular weight is 336 g/mol. The summed E-state index contributed by atoms with van der Waals surface area (Å²) in [6.07, 6.45) is 5.87. The van der Waals surface area contributed by atoms with Gasteiger partial charge >= 0.3 is 0 Å². The van der Waals surface area contributed by atoms with E-state index in [1.54, 1.807) is 18.3 Å². The van der Waals surface area contributed by atoms with Crippen molar-refractivity contribution in [2.75, 3.05) is 24.5 Å². The summed E-state index contributed by atoms with van der Waals surface area (Å²) in [5.41, 5.74) is 1.18. The van der Waals surface area contributed by atoms with Crippen LogP contribution in [-0.2, 0) is 0 Å². The molecule has 0 aromatic carbocycles. The van der Waals surface area contributed by atoms with Crippen LogP contribution in [0, 0.1) is 5.92 Å². The number of nitrogens with zero attached hydrogens (tertiary/aromatic N) is 2. The molecule has 1 aliphatic heterocycles. The zero-order valence-electron chi connectivity index (χ0n) is 12.2. The fourth-order valence-corrected chi connectivity index (χ4v) is 3.66. The van der Waals surface area contributed by atoms with Gasteiger partial charge in [0, 0.05) is 25.8 Å². The molecule has 22 heavy (non-hydrogen) atoms. The molecule has 0 saturated carbocycles. The second-order valence-corrected chi connectivity index (χ2v) is 7.17. The molecule has 0 bridgehead atoms. The lowest BCUT2D eigenvalue weighted by molar-refractivity contribution is 0.0949. The van der Waals surface area contributed by atoms with Gasteiger partial charge in [-0.25, -0.2) is 0 Å². The first-order valence-corrected chi connectivity index (χ1v) is 8.60. The number of amides is 1. The van der Waals surface area contributed by atoms with E-state index >= 15 is 0 Å². The smallest absolute Gasteiger partial charge is 0.261 e. The van der Waals surface area contributed by atoms with E-state index in [1.165, 1.54) is 17.0 Å². The lowest BCUT2D eigenvalue weighted by atomic mass is 9.96. The van der Waals surface area contributed by atoms with Crippen molar-refractivity contribution in [1.82, 2.24) is 10.3 Å². The van der Waals surface area contributed by atoms with Crippen molar-refractivity contribution in [3.63, 3.8) is 0 Å². The first-order chi connectivity index (χ1) is 10.7. The van der Waals surface area contributed by atoms with Gasteiger partial charge in [0.25, 0.3) is 5.91 Å². The Kier molecular flexibility index (Phi) is 4.95. The standard InChI is InChI=1S/C16H18ClN3OS/c17-15-4-3-14(22-15)16(21)19-10-12-5-8-20(9-6-12)13-2-1-7-18-11-13/h1-4,7,11-12H,5-6,8-10H2,(H,19,21). The highest BCUT2D eigenvalue weighted by Crippen LogP contribution is 2.23. The molecule has 4 nitrogen and oxygen atoms in total. The maximum atomic E-state index is 12.0. The molecule has 0 radical (unpaired) electrons. The van der Waals surface area contributed by atoms with Gasteiger partial charge in [-0.15, -0.1) is 11.3 Å². The molecular weight excluding hydrogens is 318 g/mol. The zero-order valence-corrected chi connectivity index (χ0v) is 13.7. The first kappa shape index (κ1) is 15.3. The van der Waals surface area contributed by atoms with Crippen LogP contribution in [0.5, 0.6) is 0 Å². The van der Waals surface area contributed by atoms with Crippen LogP contribution in [0.15, 0.2) is 36.7 Å². The quantitative estimate of drug-likeness (QED) is 0.930. The molecule has 2 aromatic rings. The number of hydrogen-bond acceptors (Lipinski definition) is 4. The van der Waals surface area contributed by atoms with Crippen LogP contribution in [0.3, 0.4) is 0 Å². The number of rotatable bonds is 4. The van der Waals surface area contributed by atoms with Crippen molar-refractivity contribution in [2.24, 2.45) is 5.92 Å². The molecule has 0 aliphatic carbocycles. The molecule has 1 amide bonds. The van der Waals surface area contributed by atoms with Crippen LogP contribution in [0.2, 0.25) is 4.34 Å². The Hall–Kier alpha value is -1.59. The number of piperidine rings is 1. The largest absolute Gasteiger partial charge is 0.370 e. The number of halogens is 1. The maximum Gasteiger partial charge on any atom is 0.261 e. The second-order valence-electron chi connectivity index (χ2n) is 5.46. The van der Waals surface area contributed by atoms with Crippen LogP contribution in [0.4, 0.5) is 5.69 Å². The summed E-state index contributed by atoms with van der Waals surface area (Å²) in [4.78, 5) is 19.2. The highest BCUT2D eigenvalue weighted by molar-refractivity contribution is 7.17. The molecule has 116 valence electrons. The third-order valence-electron chi connectivity index (χ3n) is 3.97. The molecule has 3 rings (SSSR count). The van der Waals surface area contributed by atoms with Crippen molar-refractivity contribution in [2.45, 2.75) is 12.8 Å². The minimum atomic E-state index is -0.0217. The van der Waals surface area contributed by atoms with Crippen molar-refractivity contribution >= 4 is 34.5 Å². The van der Waals surface area contributed by atoms with Gasteiger partial charge in [-0.05, 0) is 43.0 Å². The fraction of sp³-hybridized carbons (Fsp3) is 0.375. The summed E-state index contributed by atoms with van der Waals surface area (Å²) in [7, 11) is 0. The van der Waals surface area contributed by atoms with Gasteiger partial charge < -0.3 is 10.2 Å². The lowest BCUT2D eigenvalue weighted by Crippen LogP contribution is -2.38. The van der Waals surface area contributed by atoms with Crippen LogP contribution >= 0.6 is 22.9 Å². The maximum absolute atomic E-state index is 12.0. The average Bonchev–Trinajstić information content (AvgIpc) is 3.00. The number of carbonyl (C=O) groups is 1. The van der Waals surface area contributed by atoms with Gasteiger partial charge in [0.15, 0.2) is 0 Å². The van der Waals surface area contributed by atoms with Gasteiger partial charge in [0.2, 0.25) is 0 Å². The second kappa shape index (κ2) is 7.11. The predicted molar refractivity (Wildman–Crippen MR) is 90.8 cm³/mol. The number of nitrogens with one attached hydrogen (secondary N) is 1. The number of carbonyl (C=O) groups excluding carboxylic acids is 1. The SMILES string of the molecule is O=C(NCC1CCN(c2cccnc2)CC1)c1ccc(Cl)s1. The Labute approximate surface area is 139 Å². The molecule has 0 spiro atoms. The number of hydrogen-bond donors (Lipinski definition) is 1. The Morgan fingerprint density at radius 3 is 2.82 bits per heavy atom. The summed E-state index contributed by atoms with van der Waals surface area (Å²) in [6.45, 7) is 2.75. The zero-order chi connectivity index (χ0) is 15.4. The minimum Gasteiger partial charge on any atom is -0.370 e. The number of aromatic nitrogens is 1. The van der Waals surface area contributed by atoms with E-state index in [0.717, 1.165) is 32.5 Å². The Morgan fingerprint density at radius 1 is 1.36 bits per heavy atom. The number of anilines is 1. The topological polar surface area (TPSA) is 45.2 Å². The van der Waals surface area contributed by atoms with Crippen molar-refractivity contribution in [3.05, 3.63) is 45.9 Å². The van der Waals surface area contributed by atoms with Crippen LogP contribution in [0.1, 0.15) is 22.5 Å². The van der Waals surface area contributed by atoms with E-state index in [0.29, 0.717) is 15.1 Å². The number of thiophene rings is 1. The summed E-state index contributed by atoms with van der Waals surface area (Å²) in [5.74, 6) is 0.513. The third kappa shape index (κ3) is 3.78. The van der Waals surface area contributed by atoms with Crippen LogP contribution in [-0.4, -0.2) is 30.5 Å². The summed E-state index contributed by atoms with van der Waals surface area (Å²) < 4.78 is 0.648. The molecule has 3 heterocycles. The highest BCUT2D eigenvalue weighted by atomic mass is 35.5. The van der Waals surface area contributed by atoms with Crippen LogP contribution < -0.4 is 10.2 Å². The van der Waals surface area contributed by atoms with E-state index in [2.05, 4.69) is 21.3 Å². The molecular formula is C16H18ClN3OS. The molecule has 1 fully saturated rings. The van der Waals surface area contributed by atoms with Gasteiger partial charge in [0.1, 0.15) is 0 Å². The molecule has 2 aromatic heterocycles. The number of pyridine rings is 1. The highest BCUT2D eigenvalue weighted by Gasteiger charge is 2.20. The molecule has 1 aliphatic rings. The normalized spacial score (nSPS) is 15.8. The van der Waals surface area contributed by atoms with Crippen molar-refractivity contribution in [3.8, 4) is 0 Å². The molecule has 6 heteroatoms. The van der Waals surface area contributed by atoms with E-state index in [4.69, 9.17) is 11.6 Å². The van der Waals surface area contributed by atoms with E-state index in [9.17, 15) is 4.79 Å². The van der Waals surface area contributed by atoms with Crippen molar-refractivity contribution < 1.29 is 4.79 Å². The Bertz CT molecular complexity index is 623. The summed E-state index contributed by atoms with van der Waals surface area (Å²) in [5, 5.41) is 3.02. The van der Waals surface area contributed by atoms with E-state index in [-0.39, 0.29) is 5.91 Å². The minimum absolute atomic E-state index is 0.0217. The Balaban J connectivity index is 1.45. The molecule has 0 atom stereocenters. The van der Waals surface area contributed by atoms with Gasteiger partial charge in [-0.2, -0.15) is 0 Å². The fourth-order valence-electron chi connectivity index (χ4n) is 2.70. The summed E-state index contributed by atoms with van der Waals surface area (Å²) in [6, 6.07) is 7.59.